The maximum atomic E-state index is 13.5. The van der Waals surface area contributed by atoms with Crippen LogP contribution in [-0.2, 0) is 6.42 Å². The normalized spacial score (nSPS) is 18.8. The summed E-state index contributed by atoms with van der Waals surface area (Å²) in [5.74, 6) is 0.680. The minimum absolute atomic E-state index is 0.0606. The first-order chi connectivity index (χ1) is 14.5. The van der Waals surface area contributed by atoms with Crippen molar-refractivity contribution in [3.63, 3.8) is 0 Å². The Kier molecular flexibility index (Phi) is 5.32. The second kappa shape index (κ2) is 7.97. The predicted octanol–water partition coefficient (Wildman–Crippen LogP) is 4.88. The smallest absolute Gasteiger partial charge is 0.270 e. The molecule has 1 amide bonds. The second-order valence-electron chi connectivity index (χ2n) is 7.22. The zero-order chi connectivity index (χ0) is 20.8. The number of halogens is 3. The second-order valence-corrected chi connectivity index (χ2v) is 9.99. The molecule has 0 aliphatic carbocycles. The maximum Gasteiger partial charge on any atom is 0.270 e. The first kappa shape index (κ1) is 20.0. The van der Waals surface area contributed by atoms with Crippen molar-refractivity contribution in [2.24, 2.45) is 0 Å². The number of amides is 1. The summed E-state index contributed by atoms with van der Waals surface area (Å²) in [4.78, 5) is 30.8. The molecule has 0 aromatic carbocycles. The molecule has 0 N–H and O–H groups in total. The predicted molar refractivity (Wildman–Crippen MR) is 122 cm³/mol. The highest BCUT2D eigenvalue weighted by Crippen LogP contribution is 2.36. The van der Waals surface area contributed by atoms with Crippen molar-refractivity contribution in [1.82, 2.24) is 15.0 Å². The average Bonchev–Trinajstić information content (AvgIpc) is 3.35. The molecule has 0 unspecified atom stereocenters. The number of thiazole rings is 1. The Morgan fingerprint density at radius 1 is 1.17 bits per heavy atom. The molecule has 0 saturated carbocycles. The molecule has 0 spiro atoms. The van der Waals surface area contributed by atoms with Gasteiger partial charge in [-0.25, -0.2) is 14.4 Å². The molecule has 30 heavy (non-hydrogen) atoms. The van der Waals surface area contributed by atoms with Crippen LogP contribution in [0.4, 0.5) is 15.9 Å². The third-order valence-electron chi connectivity index (χ3n) is 5.21. The van der Waals surface area contributed by atoms with Gasteiger partial charge in [0.15, 0.2) is 0 Å². The number of aromatic nitrogens is 3. The summed E-state index contributed by atoms with van der Waals surface area (Å²) in [6.07, 6.45) is 5.53. The molecule has 0 bridgehead atoms. The van der Waals surface area contributed by atoms with E-state index in [1.807, 2.05) is 17.0 Å². The number of anilines is 2. The summed E-state index contributed by atoms with van der Waals surface area (Å²) >= 11 is 8.36. The van der Waals surface area contributed by atoms with Crippen molar-refractivity contribution in [3.8, 4) is 10.6 Å². The summed E-state index contributed by atoms with van der Waals surface area (Å²) in [5.41, 5.74) is 2.42. The molecule has 2 aliphatic heterocycles. The van der Waals surface area contributed by atoms with Crippen LogP contribution < -0.4 is 9.80 Å². The van der Waals surface area contributed by atoms with Gasteiger partial charge in [0.05, 0.1) is 28.6 Å². The molecule has 1 atom stereocenters. The first-order valence-electron chi connectivity index (χ1n) is 9.46. The molecule has 6 nitrogen and oxygen atoms in total. The van der Waals surface area contributed by atoms with Gasteiger partial charge in [-0.1, -0.05) is 0 Å². The Morgan fingerprint density at radius 2 is 2.03 bits per heavy atom. The third-order valence-corrected chi connectivity index (χ3v) is 7.36. The van der Waals surface area contributed by atoms with E-state index in [9.17, 15) is 9.18 Å². The Balaban J connectivity index is 1.43. The molecule has 3 aromatic rings. The number of pyridine rings is 2. The van der Waals surface area contributed by atoms with E-state index in [0.717, 1.165) is 36.7 Å². The van der Waals surface area contributed by atoms with E-state index in [4.69, 9.17) is 4.98 Å². The Bertz CT molecular complexity index is 1140. The van der Waals surface area contributed by atoms with Crippen LogP contribution in [0.2, 0.25) is 0 Å². The largest absolute Gasteiger partial charge is 0.353 e. The molecule has 1 fully saturated rings. The summed E-state index contributed by atoms with van der Waals surface area (Å²) in [7, 11) is 0. The monoisotopic (exact) mass is 551 g/mol. The van der Waals surface area contributed by atoms with Gasteiger partial charge in [0.2, 0.25) is 0 Å². The number of carbonyl (C=O) groups excluding carboxylic acids is 1. The lowest BCUT2D eigenvalue weighted by Gasteiger charge is -2.25. The molecular weight excluding hydrogens is 537 g/mol. The molecule has 154 valence electrons. The summed E-state index contributed by atoms with van der Waals surface area (Å²) < 4.78 is 15.2. The van der Waals surface area contributed by atoms with E-state index in [-0.39, 0.29) is 5.91 Å². The van der Waals surface area contributed by atoms with Gasteiger partial charge in [0.1, 0.15) is 21.9 Å². The summed E-state index contributed by atoms with van der Waals surface area (Å²) in [6, 6.07) is 3.83. The number of nitrogens with zero attached hydrogens (tertiary/aromatic N) is 5. The van der Waals surface area contributed by atoms with E-state index < -0.39 is 6.17 Å². The van der Waals surface area contributed by atoms with E-state index in [1.54, 1.807) is 23.5 Å². The van der Waals surface area contributed by atoms with Gasteiger partial charge in [-0.2, -0.15) is 0 Å². The lowest BCUT2D eigenvalue weighted by Crippen LogP contribution is -2.37. The fourth-order valence-electron chi connectivity index (χ4n) is 3.74. The molecule has 0 radical (unpaired) electrons. The highest BCUT2D eigenvalue weighted by Gasteiger charge is 2.30. The van der Waals surface area contributed by atoms with Gasteiger partial charge in [-0.05, 0) is 50.4 Å². The van der Waals surface area contributed by atoms with Crippen molar-refractivity contribution in [2.45, 2.75) is 19.0 Å². The number of carbonyl (C=O) groups is 1. The molecule has 5 heterocycles. The van der Waals surface area contributed by atoms with E-state index in [2.05, 4.69) is 41.8 Å². The molecular formula is C20H16Br2FN5OS. The van der Waals surface area contributed by atoms with Crippen LogP contribution in [0.25, 0.3) is 10.6 Å². The van der Waals surface area contributed by atoms with Gasteiger partial charge < -0.3 is 9.80 Å². The number of fused-ring (bicyclic) bond motifs is 1. The number of rotatable bonds is 3. The Hall–Kier alpha value is -1.91. The zero-order valence-electron chi connectivity index (χ0n) is 15.7. The lowest BCUT2D eigenvalue weighted by molar-refractivity contribution is 0.0984. The number of hydrogen-bond acceptors (Lipinski definition) is 6. The van der Waals surface area contributed by atoms with Gasteiger partial charge in [0, 0.05) is 41.9 Å². The van der Waals surface area contributed by atoms with Crippen LogP contribution in [-0.4, -0.2) is 46.7 Å². The Labute approximate surface area is 193 Å². The zero-order valence-corrected chi connectivity index (χ0v) is 19.7. The van der Waals surface area contributed by atoms with Crippen molar-refractivity contribution in [3.05, 3.63) is 50.2 Å². The highest BCUT2D eigenvalue weighted by atomic mass is 79.9. The summed E-state index contributed by atoms with van der Waals surface area (Å²) in [6.45, 7) is 1.59. The van der Waals surface area contributed by atoms with Gasteiger partial charge in [0.25, 0.3) is 5.91 Å². The minimum Gasteiger partial charge on any atom is -0.353 e. The van der Waals surface area contributed by atoms with Crippen molar-refractivity contribution >= 4 is 60.6 Å². The van der Waals surface area contributed by atoms with Crippen molar-refractivity contribution in [2.75, 3.05) is 29.4 Å². The van der Waals surface area contributed by atoms with Crippen molar-refractivity contribution in [1.29, 1.82) is 0 Å². The highest BCUT2D eigenvalue weighted by molar-refractivity contribution is 9.10. The average molecular weight is 553 g/mol. The van der Waals surface area contributed by atoms with Crippen LogP contribution in [0.1, 0.15) is 21.8 Å². The van der Waals surface area contributed by atoms with Crippen LogP contribution in [0, 0.1) is 0 Å². The first-order valence-corrected chi connectivity index (χ1v) is 11.9. The quantitative estimate of drug-likeness (QED) is 0.463. The number of alkyl halides is 1. The summed E-state index contributed by atoms with van der Waals surface area (Å²) in [5, 5.41) is 0.757. The van der Waals surface area contributed by atoms with Crippen molar-refractivity contribution < 1.29 is 9.18 Å². The fraction of sp³-hybridized carbons (Fsp3) is 0.300. The number of hydrogen-bond donors (Lipinski definition) is 0. The SMILES string of the molecule is O=C1c2sc(-c3cnc(N4CC[C@@H](F)C4)c(Br)c3)nc2CCN1c1cncc(Br)c1. The standard InChI is InChI=1S/C20H16Br2FN5OS/c21-12-6-14(9-24-8-12)28-4-2-16-17(20(28)29)30-19(26-16)11-5-15(22)18(25-7-11)27-3-1-13(23)10-27/h5-9,13H,1-4,10H2/t13-/m1/s1. The van der Waals surface area contributed by atoms with Gasteiger partial charge in [-0.3, -0.25) is 9.78 Å². The maximum absolute atomic E-state index is 13.5. The Morgan fingerprint density at radius 3 is 2.77 bits per heavy atom. The topological polar surface area (TPSA) is 62.2 Å². The van der Waals surface area contributed by atoms with Crippen LogP contribution >= 0.6 is 43.2 Å². The van der Waals surface area contributed by atoms with Gasteiger partial charge >= 0.3 is 0 Å². The molecule has 3 aromatic heterocycles. The molecule has 2 aliphatic rings. The van der Waals surface area contributed by atoms with Crippen LogP contribution in [0.15, 0.2) is 39.7 Å². The molecule has 1 saturated heterocycles. The van der Waals surface area contributed by atoms with Crippen LogP contribution in [0.5, 0.6) is 0 Å². The van der Waals surface area contributed by atoms with E-state index in [1.165, 1.54) is 11.3 Å². The fourth-order valence-corrected chi connectivity index (χ4v) is 5.73. The third kappa shape index (κ3) is 3.65. The van der Waals surface area contributed by atoms with Crippen LogP contribution in [0.3, 0.4) is 0 Å². The minimum atomic E-state index is -0.807. The van der Waals surface area contributed by atoms with Gasteiger partial charge in [-0.15, -0.1) is 11.3 Å². The van der Waals surface area contributed by atoms with E-state index in [0.29, 0.717) is 37.4 Å². The lowest BCUT2D eigenvalue weighted by atomic mass is 10.1. The molecule has 10 heteroatoms. The molecule has 5 rings (SSSR count). The van der Waals surface area contributed by atoms with E-state index >= 15 is 0 Å².